The number of aromatic carboxylic acids is 1. The SMILES string of the molecule is O=C(O)c1ccccc1S(=O)CC1CCCCO1. The van der Waals surface area contributed by atoms with Gasteiger partial charge in [-0.1, -0.05) is 12.1 Å². The molecule has 1 N–H and O–H groups in total. The Morgan fingerprint density at radius 2 is 2.17 bits per heavy atom. The molecule has 1 aliphatic heterocycles. The van der Waals surface area contributed by atoms with Crippen molar-refractivity contribution in [1.82, 2.24) is 0 Å². The summed E-state index contributed by atoms with van der Waals surface area (Å²) in [4.78, 5) is 11.4. The van der Waals surface area contributed by atoms with Crippen LogP contribution >= 0.6 is 0 Å². The highest BCUT2D eigenvalue weighted by atomic mass is 32.2. The zero-order chi connectivity index (χ0) is 13.0. The third-order valence-electron chi connectivity index (χ3n) is 2.97. The molecule has 0 saturated carbocycles. The highest BCUT2D eigenvalue weighted by Gasteiger charge is 2.20. The van der Waals surface area contributed by atoms with Crippen LogP contribution in [0, 0.1) is 0 Å². The Hall–Kier alpha value is -1.20. The molecule has 1 fully saturated rings. The van der Waals surface area contributed by atoms with Crippen molar-refractivity contribution in [2.45, 2.75) is 30.3 Å². The van der Waals surface area contributed by atoms with Gasteiger partial charge in [-0.25, -0.2) is 4.79 Å². The molecule has 2 atom stereocenters. The molecule has 2 unspecified atom stereocenters. The van der Waals surface area contributed by atoms with E-state index in [4.69, 9.17) is 9.84 Å². The van der Waals surface area contributed by atoms with E-state index in [0.717, 1.165) is 19.3 Å². The van der Waals surface area contributed by atoms with Crippen LogP contribution in [0.5, 0.6) is 0 Å². The molecular weight excluding hydrogens is 252 g/mol. The second-order valence-corrected chi connectivity index (χ2v) is 5.77. The van der Waals surface area contributed by atoms with Gasteiger partial charge in [-0.15, -0.1) is 0 Å². The van der Waals surface area contributed by atoms with Crippen LogP contribution in [0.25, 0.3) is 0 Å². The lowest BCUT2D eigenvalue weighted by atomic mass is 10.1. The lowest BCUT2D eigenvalue weighted by Crippen LogP contribution is -2.25. The summed E-state index contributed by atoms with van der Waals surface area (Å²) in [6.45, 7) is 0.711. The van der Waals surface area contributed by atoms with Crippen LogP contribution < -0.4 is 0 Å². The number of carboxylic acid groups (broad SMARTS) is 1. The highest BCUT2D eigenvalue weighted by molar-refractivity contribution is 7.85. The summed E-state index contributed by atoms with van der Waals surface area (Å²) < 4.78 is 17.7. The molecule has 0 aliphatic carbocycles. The molecule has 1 aromatic rings. The van der Waals surface area contributed by atoms with Crippen molar-refractivity contribution in [3.05, 3.63) is 29.8 Å². The summed E-state index contributed by atoms with van der Waals surface area (Å²) in [5.41, 5.74) is 0.117. The van der Waals surface area contributed by atoms with Gasteiger partial charge in [0.1, 0.15) is 0 Å². The topological polar surface area (TPSA) is 63.6 Å². The maximum atomic E-state index is 12.2. The van der Waals surface area contributed by atoms with Gasteiger partial charge in [-0.3, -0.25) is 4.21 Å². The predicted octanol–water partition coefficient (Wildman–Crippen LogP) is 2.06. The Bertz CT molecular complexity index is 452. The number of carbonyl (C=O) groups is 1. The lowest BCUT2D eigenvalue weighted by Gasteiger charge is -2.22. The van der Waals surface area contributed by atoms with E-state index in [1.54, 1.807) is 18.2 Å². The van der Waals surface area contributed by atoms with Crippen molar-refractivity contribution in [1.29, 1.82) is 0 Å². The molecule has 98 valence electrons. The fourth-order valence-corrected chi connectivity index (χ4v) is 3.45. The molecule has 1 heterocycles. The minimum absolute atomic E-state index is 0.0126. The zero-order valence-electron chi connectivity index (χ0n) is 10.0. The Balaban J connectivity index is 2.10. The number of carboxylic acids is 1. The highest BCUT2D eigenvalue weighted by Crippen LogP contribution is 2.19. The first-order valence-electron chi connectivity index (χ1n) is 6.01. The van der Waals surface area contributed by atoms with Crippen LogP contribution in [0.15, 0.2) is 29.2 Å². The molecule has 0 radical (unpaired) electrons. The fraction of sp³-hybridized carbons (Fsp3) is 0.462. The van der Waals surface area contributed by atoms with Gasteiger partial charge in [-0.2, -0.15) is 0 Å². The van der Waals surface area contributed by atoms with Crippen molar-refractivity contribution >= 4 is 16.8 Å². The van der Waals surface area contributed by atoms with Crippen molar-refractivity contribution < 1.29 is 18.8 Å². The summed E-state index contributed by atoms with van der Waals surface area (Å²) in [5.74, 6) is -0.659. The lowest BCUT2D eigenvalue weighted by molar-refractivity contribution is 0.0310. The molecule has 0 bridgehead atoms. The van der Waals surface area contributed by atoms with Crippen molar-refractivity contribution in [2.75, 3.05) is 12.4 Å². The second-order valence-electron chi connectivity index (χ2n) is 4.30. The summed E-state index contributed by atoms with van der Waals surface area (Å²) in [6.07, 6.45) is 3.03. The summed E-state index contributed by atoms with van der Waals surface area (Å²) in [5, 5.41) is 9.05. The van der Waals surface area contributed by atoms with E-state index in [1.807, 2.05) is 0 Å². The largest absolute Gasteiger partial charge is 0.478 e. The molecule has 0 aromatic heterocycles. The smallest absolute Gasteiger partial charge is 0.336 e. The van der Waals surface area contributed by atoms with Crippen molar-refractivity contribution in [2.24, 2.45) is 0 Å². The maximum absolute atomic E-state index is 12.2. The average Bonchev–Trinajstić information content (AvgIpc) is 2.40. The minimum Gasteiger partial charge on any atom is -0.478 e. The molecule has 1 saturated heterocycles. The third kappa shape index (κ3) is 3.17. The van der Waals surface area contributed by atoms with Crippen molar-refractivity contribution in [3.63, 3.8) is 0 Å². The van der Waals surface area contributed by atoms with Gasteiger partial charge in [0.25, 0.3) is 0 Å². The Labute approximate surface area is 108 Å². The number of ether oxygens (including phenoxy) is 1. The van der Waals surface area contributed by atoms with Crippen LogP contribution in [0.2, 0.25) is 0 Å². The molecule has 18 heavy (non-hydrogen) atoms. The maximum Gasteiger partial charge on any atom is 0.336 e. The predicted molar refractivity (Wildman–Crippen MR) is 68.3 cm³/mol. The standard InChI is InChI=1S/C13H16O4S/c14-13(15)11-6-1-2-7-12(11)18(16)9-10-5-3-4-8-17-10/h1-2,6-7,10H,3-5,8-9H2,(H,14,15). The van der Waals surface area contributed by atoms with E-state index in [2.05, 4.69) is 0 Å². The van der Waals surface area contributed by atoms with Gasteiger partial charge < -0.3 is 9.84 Å². The molecule has 4 nitrogen and oxygen atoms in total. The first-order valence-corrected chi connectivity index (χ1v) is 7.32. The van der Waals surface area contributed by atoms with E-state index in [-0.39, 0.29) is 11.7 Å². The minimum atomic E-state index is -1.32. The number of hydrogen-bond donors (Lipinski definition) is 1. The summed E-state index contributed by atoms with van der Waals surface area (Å²) >= 11 is 0. The van der Waals surface area contributed by atoms with E-state index in [1.165, 1.54) is 6.07 Å². The van der Waals surface area contributed by atoms with E-state index < -0.39 is 16.8 Å². The summed E-state index contributed by atoms with van der Waals surface area (Å²) in [6, 6.07) is 6.45. The molecule has 5 heteroatoms. The second kappa shape index (κ2) is 6.11. The molecular formula is C13H16O4S. The first kappa shape index (κ1) is 13.2. The normalized spacial score (nSPS) is 21.4. The van der Waals surface area contributed by atoms with Crippen LogP contribution in [0.3, 0.4) is 0 Å². The Kier molecular flexibility index (Phi) is 4.49. The summed E-state index contributed by atoms with van der Waals surface area (Å²) in [7, 11) is -1.32. The Morgan fingerprint density at radius 1 is 1.39 bits per heavy atom. The van der Waals surface area contributed by atoms with Crippen LogP contribution in [0.1, 0.15) is 29.6 Å². The monoisotopic (exact) mass is 268 g/mol. The fourth-order valence-electron chi connectivity index (χ4n) is 2.04. The van der Waals surface area contributed by atoms with Crippen LogP contribution in [0.4, 0.5) is 0 Å². The van der Waals surface area contributed by atoms with E-state index in [9.17, 15) is 9.00 Å². The van der Waals surface area contributed by atoms with E-state index >= 15 is 0 Å². The number of hydrogen-bond acceptors (Lipinski definition) is 3. The average molecular weight is 268 g/mol. The first-order chi connectivity index (χ1) is 8.68. The number of benzene rings is 1. The third-order valence-corrected chi connectivity index (χ3v) is 4.50. The molecule has 2 rings (SSSR count). The van der Waals surface area contributed by atoms with Gasteiger partial charge >= 0.3 is 5.97 Å². The molecule has 0 spiro atoms. The van der Waals surface area contributed by atoms with Crippen molar-refractivity contribution in [3.8, 4) is 0 Å². The molecule has 1 aliphatic rings. The Morgan fingerprint density at radius 3 is 2.83 bits per heavy atom. The number of rotatable bonds is 4. The van der Waals surface area contributed by atoms with Gasteiger partial charge in [0.05, 0.1) is 33.1 Å². The van der Waals surface area contributed by atoms with Gasteiger partial charge in [0.15, 0.2) is 0 Å². The van der Waals surface area contributed by atoms with Crippen LogP contribution in [-0.4, -0.2) is 33.7 Å². The van der Waals surface area contributed by atoms with E-state index in [0.29, 0.717) is 17.3 Å². The van der Waals surface area contributed by atoms with Gasteiger partial charge in [-0.05, 0) is 31.4 Å². The van der Waals surface area contributed by atoms with Gasteiger partial charge in [0, 0.05) is 6.61 Å². The zero-order valence-corrected chi connectivity index (χ0v) is 10.8. The van der Waals surface area contributed by atoms with Gasteiger partial charge in [0.2, 0.25) is 0 Å². The van der Waals surface area contributed by atoms with Crippen LogP contribution in [-0.2, 0) is 15.5 Å². The molecule has 0 amide bonds. The molecule has 1 aromatic carbocycles. The quantitative estimate of drug-likeness (QED) is 0.908.